The van der Waals surface area contributed by atoms with Gasteiger partial charge in [-0.2, -0.15) is 0 Å². The van der Waals surface area contributed by atoms with Crippen LogP contribution in [-0.2, 0) is 16.6 Å². The van der Waals surface area contributed by atoms with E-state index in [4.69, 9.17) is 0 Å². The minimum atomic E-state index is -3.53. The second kappa shape index (κ2) is 7.04. The zero-order valence-corrected chi connectivity index (χ0v) is 15.0. The summed E-state index contributed by atoms with van der Waals surface area (Å²) in [5, 5.41) is 0.962. The lowest BCUT2D eigenvalue weighted by molar-refractivity contribution is 0.354. The molecule has 1 aromatic rings. The zero-order chi connectivity index (χ0) is 15.4. The molecule has 1 aromatic heterocycles. The third-order valence-corrected chi connectivity index (χ3v) is 4.87. The molecule has 0 aromatic carbocycles. The minimum Gasteiger partial charge on any atom is -0.334 e. The summed E-state index contributed by atoms with van der Waals surface area (Å²) in [5.74, 6) is 0.729. The van der Waals surface area contributed by atoms with Crippen LogP contribution in [0.15, 0.2) is 11.2 Å². The first kappa shape index (κ1) is 17.7. The number of halogens is 1. The summed E-state index contributed by atoms with van der Waals surface area (Å²) in [6.07, 6.45) is 3.46. The van der Waals surface area contributed by atoms with E-state index in [2.05, 4.69) is 32.6 Å². The van der Waals surface area contributed by atoms with E-state index in [1.807, 2.05) is 25.3 Å². The molecule has 0 bridgehead atoms. The summed E-state index contributed by atoms with van der Waals surface area (Å²) in [4.78, 5) is 4.15. The molecule has 20 heavy (non-hydrogen) atoms. The van der Waals surface area contributed by atoms with Gasteiger partial charge in [0, 0.05) is 24.6 Å². The van der Waals surface area contributed by atoms with Gasteiger partial charge in [-0.25, -0.2) is 18.1 Å². The highest BCUT2D eigenvalue weighted by atomic mass is 79.9. The maximum Gasteiger partial charge on any atom is 0.259 e. The van der Waals surface area contributed by atoms with Crippen molar-refractivity contribution in [2.45, 2.75) is 52.1 Å². The van der Waals surface area contributed by atoms with Gasteiger partial charge in [-0.05, 0) is 25.2 Å². The predicted octanol–water partition coefficient (Wildman–Crippen LogP) is 2.69. The van der Waals surface area contributed by atoms with Gasteiger partial charge >= 0.3 is 0 Å². The monoisotopic (exact) mass is 365 g/mol. The van der Waals surface area contributed by atoms with E-state index in [9.17, 15) is 8.42 Å². The average molecular weight is 366 g/mol. The molecule has 7 heteroatoms. The average Bonchev–Trinajstić information content (AvgIpc) is 2.70. The smallest absolute Gasteiger partial charge is 0.259 e. The van der Waals surface area contributed by atoms with Crippen LogP contribution in [0.5, 0.6) is 0 Å². The fourth-order valence-electron chi connectivity index (χ4n) is 1.78. The number of alkyl halides is 1. The molecule has 0 amide bonds. The van der Waals surface area contributed by atoms with Crippen molar-refractivity contribution >= 4 is 26.0 Å². The normalized spacial score (nSPS) is 12.8. The Hall–Kier alpha value is -0.400. The fraction of sp³-hybridized carbons (Fsp3) is 0.769. The first-order chi connectivity index (χ1) is 9.22. The molecule has 1 rings (SSSR count). The summed E-state index contributed by atoms with van der Waals surface area (Å²) in [7, 11) is -3.53. The molecule has 116 valence electrons. The van der Waals surface area contributed by atoms with Crippen LogP contribution >= 0.6 is 15.9 Å². The molecule has 0 aliphatic rings. The number of aromatic nitrogens is 2. The molecule has 0 saturated heterocycles. The summed E-state index contributed by atoms with van der Waals surface area (Å²) in [6.45, 7) is 9.14. The SMILES string of the molecule is CCCn1cc(S(=O)(=O)NCC(C)(C)CCBr)nc1C. The van der Waals surface area contributed by atoms with Crippen LogP contribution in [0.25, 0.3) is 0 Å². The van der Waals surface area contributed by atoms with E-state index in [0.717, 1.165) is 30.5 Å². The highest BCUT2D eigenvalue weighted by Gasteiger charge is 2.24. The van der Waals surface area contributed by atoms with E-state index in [-0.39, 0.29) is 10.4 Å². The maximum atomic E-state index is 12.3. The first-order valence-electron chi connectivity index (χ1n) is 6.81. The Kier molecular flexibility index (Phi) is 6.22. The Labute approximate surface area is 130 Å². The number of aryl methyl sites for hydroxylation is 2. The number of sulfonamides is 1. The molecule has 0 unspecified atom stereocenters. The highest BCUT2D eigenvalue weighted by Crippen LogP contribution is 2.21. The van der Waals surface area contributed by atoms with Crippen molar-refractivity contribution in [2.75, 3.05) is 11.9 Å². The first-order valence-corrected chi connectivity index (χ1v) is 9.42. The van der Waals surface area contributed by atoms with Crippen LogP contribution < -0.4 is 4.72 Å². The Bertz CT molecular complexity index is 538. The van der Waals surface area contributed by atoms with Crippen molar-refractivity contribution in [3.63, 3.8) is 0 Å². The number of hydrogen-bond donors (Lipinski definition) is 1. The van der Waals surface area contributed by atoms with Crippen molar-refractivity contribution in [3.05, 3.63) is 12.0 Å². The van der Waals surface area contributed by atoms with Gasteiger partial charge in [-0.1, -0.05) is 36.7 Å². The van der Waals surface area contributed by atoms with E-state index in [1.165, 1.54) is 0 Å². The van der Waals surface area contributed by atoms with E-state index < -0.39 is 10.0 Å². The lowest BCUT2D eigenvalue weighted by atomic mass is 9.91. The fourth-order valence-corrected chi connectivity index (χ4v) is 4.10. The molecular formula is C13H24BrN3O2S. The Morgan fingerprint density at radius 2 is 2.10 bits per heavy atom. The van der Waals surface area contributed by atoms with Gasteiger partial charge in [0.1, 0.15) is 5.82 Å². The summed E-state index contributed by atoms with van der Waals surface area (Å²) in [6, 6.07) is 0. The van der Waals surface area contributed by atoms with Crippen LogP contribution in [0.4, 0.5) is 0 Å². The van der Waals surface area contributed by atoms with Crippen LogP contribution in [0.1, 0.15) is 39.4 Å². The van der Waals surface area contributed by atoms with Gasteiger partial charge in [0.15, 0.2) is 5.03 Å². The Morgan fingerprint density at radius 3 is 2.65 bits per heavy atom. The molecule has 0 saturated carbocycles. The van der Waals surface area contributed by atoms with Crippen LogP contribution in [0.2, 0.25) is 0 Å². The zero-order valence-electron chi connectivity index (χ0n) is 12.6. The standard InChI is InChI=1S/C13H24BrN3O2S/c1-5-8-17-9-12(16-11(17)2)20(18,19)15-10-13(3,4)6-7-14/h9,15H,5-8,10H2,1-4H3. The molecule has 0 aliphatic heterocycles. The lowest BCUT2D eigenvalue weighted by Crippen LogP contribution is -2.34. The number of nitrogens with zero attached hydrogens (tertiary/aromatic N) is 2. The summed E-state index contributed by atoms with van der Waals surface area (Å²) in [5.41, 5.74) is -0.0857. The Balaban J connectivity index is 2.81. The Morgan fingerprint density at radius 1 is 1.45 bits per heavy atom. The molecule has 0 spiro atoms. The van der Waals surface area contributed by atoms with Gasteiger partial charge in [0.05, 0.1) is 0 Å². The predicted molar refractivity (Wildman–Crippen MR) is 84.6 cm³/mol. The number of hydrogen-bond acceptors (Lipinski definition) is 3. The van der Waals surface area contributed by atoms with Crippen LogP contribution in [-0.4, -0.2) is 29.8 Å². The summed E-state index contributed by atoms with van der Waals surface area (Å²) >= 11 is 3.39. The molecule has 0 radical (unpaired) electrons. The summed E-state index contributed by atoms with van der Waals surface area (Å²) < 4.78 is 29.0. The minimum absolute atomic E-state index is 0.0857. The molecule has 5 nitrogen and oxygen atoms in total. The molecule has 0 fully saturated rings. The van der Waals surface area contributed by atoms with E-state index >= 15 is 0 Å². The topological polar surface area (TPSA) is 64.0 Å². The van der Waals surface area contributed by atoms with Crippen molar-refractivity contribution in [3.8, 4) is 0 Å². The van der Waals surface area contributed by atoms with Gasteiger partial charge in [0.2, 0.25) is 0 Å². The lowest BCUT2D eigenvalue weighted by Gasteiger charge is -2.23. The van der Waals surface area contributed by atoms with Crippen molar-refractivity contribution in [2.24, 2.45) is 5.41 Å². The maximum absolute atomic E-state index is 12.3. The third-order valence-electron chi connectivity index (χ3n) is 3.21. The van der Waals surface area contributed by atoms with Crippen molar-refractivity contribution in [1.29, 1.82) is 0 Å². The van der Waals surface area contributed by atoms with Gasteiger partial charge in [-0.3, -0.25) is 0 Å². The number of rotatable bonds is 8. The second-order valence-corrected chi connectivity index (χ2v) is 8.25. The number of nitrogens with one attached hydrogen (secondary N) is 1. The van der Waals surface area contributed by atoms with E-state index in [0.29, 0.717) is 6.54 Å². The van der Waals surface area contributed by atoms with Crippen LogP contribution in [0.3, 0.4) is 0 Å². The highest BCUT2D eigenvalue weighted by molar-refractivity contribution is 9.09. The number of imidazole rings is 1. The molecule has 0 aliphatic carbocycles. The quantitative estimate of drug-likeness (QED) is 0.720. The van der Waals surface area contributed by atoms with Crippen molar-refractivity contribution < 1.29 is 8.42 Å². The largest absolute Gasteiger partial charge is 0.334 e. The van der Waals surface area contributed by atoms with Gasteiger partial charge < -0.3 is 4.57 Å². The van der Waals surface area contributed by atoms with Crippen molar-refractivity contribution in [1.82, 2.24) is 14.3 Å². The molecule has 0 atom stereocenters. The van der Waals surface area contributed by atoms with Gasteiger partial charge in [-0.15, -0.1) is 0 Å². The molecule has 1 heterocycles. The van der Waals surface area contributed by atoms with E-state index in [1.54, 1.807) is 6.20 Å². The second-order valence-electron chi connectivity index (χ2n) is 5.75. The van der Waals surface area contributed by atoms with Crippen LogP contribution in [0, 0.1) is 12.3 Å². The van der Waals surface area contributed by atoms with Gasteiger partial charge in [0.25, 0.3) is 10.0 Å². The third kappa shape index (κ3) is 4.86. The molecular weight excluding hydrogens is 342 g/mol. The molecule has 1 N–H and O–H groups in total.